The predicted molar refractivity (Wildman–Crippen MR) is 133 cm³/mol. The van der Waals surface area contributed by atoms with E-state index in [-0.39, 0.29) is 24.1 Å². The number of hydrogen-bond acceptors (Lipinski definition) is 7. The van der Waals surface area contributed by atoms with Gasteiger partial charge in [0.2, 0.25) is 17.6 Å². The quantitative estimate of drug-likeness (QED) is 0.376. The van der Waals surface area contributed by atoms with Gasteiger partial charge in [-0.05, 0) is 25.0 Å². The lowest BCUT2D eigenvalue weighted by atomic mass is 10.2. The van der Waals surface area contributed by atoms with Gasteiger partial charge in [0.1, 0.15) is 18.0 Å². The molecule has 0 saturated carbocycles. The molecule has 0 bridgehead atoms. The summed E-state index contributed by atoms with van der Waals surface area (Å²) in [5, 5.41) is 12.1. The zero-order valence-corrected chi connectivity index (χ0v) is 20.4. The summed E-state index contributed by atoms with van der Waals surface area (Å²) in [6.45, 7) is 1.81. The maximum absolute atomic E-state index is 12.9. The molecule has 0 spiro atoms. The number of para-hydroxylation sites is 2. The zero-order chi connectivity index (χ0) is 24.4. The molecule has 3 heterocycles. The minimum atomic E-state index is -0.199. The summed E-state index contributed by atoms with van der Waals surface area (Å²) >= 11 is 1.28. The van der Waals surface area contributed by atoms with E-state index in [1.165, 1.54) is 11.8 Å². The fraction of sp³-hybridized carbons (Fsp3) is 0.333. The minimum Gasteiger partial charge on any atom is -0.497 e. The van der Waals surface area contributed by atoms with Gasteiger partial charge in [-0.1, -0.05) is 23.9 Å². The first-order valence-electron chi connectivity index (χ1n) is 11.3. The maximum Gasteiger partial charge on any atom is 0.242 e. The number of fused-ring (bicyclic) bond motifs is 3. The van der Waals surface area contributed by atoms with Gasteiger partial charge in [-0.25, -0.2) is 0 Å². The van der Waals surface area contributed by atoms with Crippen LogP contribution in [0.25, 0.3) is 16.8 Å². The second-order valence-corrected chi connectivity index (χ2v) is 9.16. The molecule has 1 aliphatic heterocycles. The minimum absolute atomic E-state index is 0.0797. The molecule has 1 aliphatic rings. The van der Waals surface area contributed by atoms with Gasteiger partial charge in [0.05, 0.1) is 31.0 Å². The number of rotatable bonds is 8. The first-order valence-corrected chi connectivity index (χ1v) is 12.3. The third-order valence-electron chi connectivity index (χ3n) is 5.99. The normalized spacial score (nSPS) is 13.5. The average molecular weight is 495 g/mol. The first kappa shape index (κ1) is 23.0. The van der Waals surface area contributed by atoms with Gasteiger partial charge in [0, 0.05) is 37.0 Å². The van der Waals surface area contributed by atoms with Crippen LogP contribution in [0.3, 0.4) is 0 Å². The SMILES string of the molecule is COc1cc(NC(=O)CSc2nnc3n(CC(=O)N4CCCC4)c4ccccc4n23)cc(OC)c1. The number of anilines is 1. The predicted octanol–water partition coefficient (Wildman–Crippen LogP) is 3.05. The second-order valence-electron chi connectivity index (χ2n) is 8.22. The number of carbonyl (C=O) groups is 2. The number of nitrogens with zero attached hydrogens (tertiary/aromatic N) is 5. The van der Waals surface area contributed by atoms with E-state index in [2.05, 4.69) is 15.5 Å². The van der Waals surface area contributed by atoms with Crippen molar-refractivity contribution in [3.63, 3.8) is 0 Å². The van der Waals surface area contributed by atoms with Gasteiger partial charge in [-0.3, -0.25) is 18.6 Å². The first-order chi connectivity index (χ1) is 17.1. The van der Waals surface area contributed by atoms with E-state index in [9.17, 15) is 9.59 Å². The Labute approximate surface area is 206 Å². The number of nitrogens with one attached hydrogen (secondary N) is 1. The summed E-state index contributed by atoms with van der Waals surface area (Å²) in [6.07, 6.45) is 2.09. The van der Waals surface area contributed by atoms with Crippen LogP contribution in [-0.2, 0) is 16.1 Å². The lowest BCUT2D eigenvalue weighted by Gasteiger charge is -2.15. The molecule has 10 nitrogen and oxygen atoms in total. The van der Waals surface area contributed by atoms with Crippen molar-refractivity contribution in [1.82, 2.24) is 24.1 Å². The molecule has 11 heteroatoms. The van der Waals surface area contributed by atoms with E-state index in [1.807, 2.05) is 38.1 Å². The Morgan fingerprint density at radius 3 is 2.37 bits per heavy atom. The monoisotopic (exact) mass is 494 g/mol. The van der Waals surface area contributed by atoms with E-state index < -0.39 is 0 Å². The molecular weight excluding hydrogens is 468 g/mol. The summed E-state index contributed by atoms with van der Waals surface area (Å²) in [6, 6.07) is 13.0. The number of hydrogen-bond donors (Lipinski definition) is 1. The summed E-state index contributed by atoms with van der Waals surface area (Å²) in [7, 11) is 3.11. The van der Waals surface area contributed by atoms with Crippen LogP contribution < -0.4 is 14.8 Å². The Balaban J connectivity index is 1.36. The van der Waals surface area contributed by atoms with E-state index in [0.717, 1.165) is 37.0 Å². The van der Waals surface area contributed by atoms with Crippen molar-refractivity contribution in [2.75, 3.05) is 38.4 Å². The molecule has 5 rings (SSSR count). The van der Waals surface area contributed by atoms with E-state index in [0.29, 0.717) is 28.1 Å². The molecule has 2 aromatic heterocycles. The number of benzene rings is 2. The van der Waals surface area contributed by atoms with Crippen LogP contribution in [0.1, 0.15) is 12.8 Å². The highest BCUT2D eigenvalue weighted by atomic mass is 32.2. The molecule has 0 radical (unpaired) electrons. The highest BCUT2D eigenvalue weighted by Gasteiger charge is 2.23. The van der Waals surface area contributed by atoms with Crippen LogP contribution in [0.5, 0.6) is 11.5 Å². The van der Waals surface area contributed by atoms with Crippen molar-refractivity contribution in [2.45, 2.75) is 24.5 Å². The molecule has 2 aromatic carbocycles. The van der Waals surface area contributed by atoms with Crippen LogP contribution in [-0.4, -0.2) is 68.9 Å². The zero-order valence-electron chi connectivity index (χ0n) is 19.6. The smallest absolute Gasteiger partial charge is 0.242 e. The average Bonchev–Trinajstić information content (AvgIpc) is 3.61. The summed E-state index contributed by atoms with van der Waals surface area (Å²) in [5.41, 5.74) is 2.37. The third-order valence-corrected chi connectivity index (χ3v) is 6.92. The summed E-state index contributed by atoms with van der Waals surface area (Å²) in [4.78, 5) is 27.4. The van der Waals surface area contributed by atoms with Crippen LogP contribution >= 0.6 is 11.8 Å². The number of aromatic nitrogens is 4. The van der Waals surface area contributed by atoms with Crippen LogP contribution in [0.15, 0.2) is 47.6 Å². The number of methoxy groups -OCH3 is 2. The van der Waals surface area contributed by atoms with Crippen molar-refractivity contribution >= 4 is 46.1 Å². The van der Waals surface area contributed by atoms with Crippen molar-refractivity contribution in [2.24, 2.45) is 0 Å². The van der Waals surface area contributed by atoms with Gasteiger partial charge in [-0.2, -0.15) is 0 Å². The maximum atomic E-state index is 12.9. The third kappa shape index (κ3) is 4.63. The molecule has 1 saturated heterocycles. The molecule has 0 atom stereocenters. The highest BCUT2D eigenvalue weighted by molar-refractivity contribution is 7.99. The number of imidazole rings is 1. The number of amides is 2. The largest absolute Gasteiger partial charge is 0.497 e. The van der Waals surface area contributed by atoms with Crippen LogP contribution in [0.4, 0.5) is 5.69 Å². The Morgan fingerprint density at radius 2 is 1.69 bits per heavy atom. The van der Waals surface area contributed by atoms with Gasteiger partial charge in [0.25, 0.3) is 0 Å². The van der Waals surface area contributed by atoms with Crippen molar-refractivity contribution < 1.29 is 19.1 Å². The van der Waals surface area contributed by atoms with Gasteiger partial charge in [-0.15, -0.1) is 10.2 Å². The molecular formula is C24H26N6O4S. The molecule has 182 valence electrons. The van der Waals surface area contributed by atoms with Crippen LogP contribution in [0.2, 0.25) is 0 Å². The number of carbonyl (C=O) groups excluding carboxylic acids is 2. The second kappa shape index (κ2) is 9.87. The molecule has 1 N–H and O–H groups in total. The lowest BCUT2D eigenvalue weighted by molar-refractivity contribution is -0.130. The lowest BCUT2D eigenvalue weighted by Crippen LogP contribution is -2.31. The molecule has 0 aliphatic carbocycles. The van der Waals surface area contributed by atoms with Crippen molar-refractivity contribution in [3.05, 3.63) is 42.5 Å². The molecule has 2 amide bonds. The molecule has 1 fully saturated rings. The van der Waals surface area contributed by atoms with Gasteiger partial charge >= 0.3 is 0 Å². The standard InChI is InChI=1S/C24H26N6O4S/c1-33-17-11-16(12-18(13-17)34-2)25-21(31)15-35-24-27-26-23-29(14-22(32)28-9-5-6-10-28)19-7-3-4-8-20(19)30(23)24/h3-4,7-8,11-13H,5-6,9-10,14-15H2,1-2H3,(H,25,31). The van der Waals surface area contributed by atoms with E-state index in [1.54, 1.807) is 32.4 Å². The number of likely N-dealkylation sites (tertiary alicyclic amines) is 1. The number of thioether (sulfide) groups is 1. The Kier molecular flexibility index (Phi) is 6.49. The highest BCUT2D eigenvalue weighted by Crippen LogP contribution is 2.28. The topological polar surface area (TPSA) is 103 Å². The van der Waals surface area contributed by atoms with Crippen molar-refractivity contribution in [1.29, 1.82) is 0 Å². The van der Waals surface area contributed by atoms with Gasteiger partial charge in [0.15, 0.2) is 5.16 Å². The summed E-state index contributed by atoms with van der Waals surface area (Å²) in [5.74, 6) is 1.77. The number of ether oxygens (including phenoxy) is 2. The Morgan fingerprint density at radius 1 is 1.00 bits per heavy atom. The van der Waals surface area contributed by atoms with Gasteiger partial charge < -0.3 is 19.7 Å². The Bertz CT molecular complexity index is 1370. The van der Waals surface area contributed by atoms with Crippen LogP contribution in [0, 0.1) is 0 Å². The van der Waals surface area contributed by atoms with E-state index >= 15 is 0 Å². The summed E-state index contributed by atoms with van der Waals surface area (Å²) < 4.78 is 14.3. The van der Waals surface area contributed by atoms with E-state index in [4.69, 9.17) is 9.47 Å². The molecule has 0 unspecified atom stereocenters. The fourth-order valence-electron chi connectivity index (χ4n) is 4.30. The van der Waals surface area contributed by atoms with Crippen molar-refractivity contribution in [3.8, 4) is 11.5 Å². The Hall–Kier alpha value is -3.73. The molecule has 4 aromatic rings. The molecule has 35 heavy (non-hydrogen) atoms. The fourth-order valence-corrected chi connectivity index (χ4v) is 5.04.